The largest absolute Gasteiger partial charge is 0.467 e. The van der Waals surface area contributed by atoms with Crippen molar-refractivity contribution in [2.75, 3.05) is 12.9 Å². The second kappa shape index (κ2) is 8.67. The van der Waals surface area contributed by atoms with Gasteiger partial charge >= 0.3 is 5.97 Å². The van der Waals surface area contributed by atoms with E-state index in [0.717, 1.165) is 4.90 Å². The number of methoxy groups -OCH3 is 1. The summed E-state index contributed by atoms with van der Waals surface area (Å²) in [5, 5.41) is 2.67. The van der Waals surface area contributed by atoms with Crippen LogP contribution in [0.5, 0.6) is 0 Å². The lowest BCUT2D eigenvalue weighted by molar-refractivity contribution is -0.145. The van der Waals surface area contributed by atoms with Crippen molar-refractivity contribution in [2.45, 2.75) is 31.2 Å². The summed E-state index contributed by atoms with van der Waals surface area (Å²) in [6.45, 7) is 3.94. The van der Waals surface area contributed by atoms with Gasteiger partial charge in [-0.2, -0.15) is 0 Å². The lowest BCUT2D eigenvalue weighted by atomic mass is 10.0. The van der Waals surface area contributed by atoms with Gasteiger partial charge in [0.1, 0.15) is 11.9 Å². The van der Waals surface area contributed by atoms with Crippen molar-refractivity contribution in [2.24, 2.45) is 5.92 Å². The number of nitrogens with one attached hydrogen (secondary N) is 1. The number of thioether (sulfide) groups is 1. The monoisotopic (exact) mass is 313 g/mol. The van der Waals surface area contributed by atoms with Gasteiger partial charge in [-0.25, -0.2) is 9.18 Å². The maximum absolute atomic E-state index is 12.8. The van der Waals surface area contributed by atoms with Crippen LogP contribution in [0.25, 0.3) is 0 Å². The van der Waals surface area contributed by atoms with Crippen LogP contribution in [-0.2, 0) is 14.3 Å². The Hall–Kier alpha value is -1.56. The van der Waals surface area contributed by atoms with Crippen LogP contribution < -0.4 is 5.32 Å². The van der Waals surface area contributed by atoms with Crippen LogP contribution in [0.1, 0.15) is 20.3 Å². The summed E-state index contributed by atoms with van der Waals surface area (Å²) in [4.78, 5) is 24.3. The molecule has 0 aliphatic rings. The molecule has 6 heteroatoms. The number of ether oxygens (including phenoxy) is 1. The zero-order valence-corrected chi connectivity index (χ0v) is 13.2. The van der Waals surface area contributed by atoms with Gasteiger partial charge in [0.15, 0.2) is 0 Å². The average molecular weight is 313 g/mol. The molecule has 1 N–H and O–H groups in total. The topological polar surface area (TPSA) is 55.4 Å². The second-order valence-corrected chi connectivity index (χ2v) is 6.06. The van der Waals surface area contributed by atoms with E-state index in [2.05, 4.69) is 10.1 Å². The Kier molecular flexibility index (Phi) is 7.22. The Morgan fingerprint density at radius 1 is 1.29 bits per heavy atom. The molecule has 1 aromatic rings. The first-order valence-electron chi connectivity index (χ1n) is 6.68. The molecule has 0 saturated carbocycles. The summed E-state index contributed by atoms with van der Waals surface area (Å²) in [7, 11) is 1.30. The van der Waals surface area contributed by atoms with Crippen LogP contribution in [-0.4, -0.2) is 30.8 Å². The number of halogens is 1. The molecule has 0 aliphatic heterocycles. The summed E-state index contributed by atoms with van der Waals surface area (Å²) in [5.74, 6) is -0.577. The Balaban J connectivity index is 2.49. The van der Waals surface area contributed by atoms with Crippen molar-refractivity contribution in [3.63, 3.8) is 0 Å². The molecule has 4 nitrogen and oxygen atoms in total. The predicted octanol–water partition coefficient (Wildman–Crippen LogP) is 2.62. The van der Waals surface area contributed by atoms with E-state index in [-0.39, 0.29) is 23.4 Å². The lowest BCUT2D eigenvalue weighted by Gasteiger charge is -2.18. The third-order valence-corrected chi connectivity index (χ3v) is 3.72. The molecule has 0 spiro atoms. The van der Waals surface area contributed by atoms with E-state index in [1.165, 1.54) is 31.0 Å². The number of benzene rings is 1. The smallest absolute Gasteiger partial charge is 0.328 e. The molecule has 0 unspecified atom stereocenters. The van der Waals surface area contributed by atoms with Crippen molar-refractivity contribution < 1.29 is 18.7 Å². The minimum Gasteiger partial charge on any atom is -0.467 e. The van der Waals surface area contributed by atoms with Gasteiger partial charge in [0, 0.05) is 4.90 Å². The van der Waals surface area contributed by atoms with Gasteiger partial charge in [0.25, 0.3) is 0 Å². The minimum atomic E-state index is -0.628. The van der Waals surface area contributed by atoms with Crippen molar-refractivity contribution in [3.05, 3.63) is 30.1 Å². The van der Waals surface area contributed by atoms with Gasteiger partial charge < -0.3 is 10.1 Å². The van der Waals surface area contributed by atoms with Crippen LogP contribution in [0.4, 0.5) is 4.39 Å². The molecule has 1 aromatic carbocycles. The van der Waals surface area contributed by atoms with Crippen molar-refractivity contribution in [1.82, 2.24) is 5.32 Å². The Morgan fingerprint density at radius 2 is 1.90 bits per heavy atom. The first kappa shape index (κ1) is 17.5. The minimum absolute atomic E-state index is 0.164. The first-order valence-corrected chi connectivity index (χ1v) is 7.66. The fourth-order valence-corrected chi connectivity index (χ4v) is 2.45. The van der Waals surface area contributed by atoms with E-state index in [1.807, 2.05) is 13.8 Å². The number of rotatable bonds is 7. The molecule has 1 rings (SSSR count). The van der Waals surface area contributed by atoms with E-state index in [9.17, 15) is 14.0 Å². The Bertz CT molecular complexity index is 476. The Morgan fingerprint density at radius 3 is 2.43 bits per heavy atom. The number of esters is 1. The third-order valence-electron chi connectivity index (χ3n) is 2.71. The summed E-state index contributed by atoms with van der Waals surface area (Å²) < 4.78 is 17.5. The third kappa shape index (κ3) is 6.62. The summed E-state index contributed by atoms with van der Waals surface area (Å²) in [6.07, 6.45) is 0.527. The van der Waals surface area contributed by atoms with E-state index >= 15 is 0 Å². The molecule has 0 radical (unpaired) electrons. The van der Waals surface area contributed by atoms with E-state index in [4.69, 9.17) is 0 Å². The van der Waals surface area contributed by atoms with Crippen molar-refractivity contribution >= 4 is 23.6 Å². The number of hydrogen-bond donors (Lipinski definition) is 1. The lowest BCUT2D eigenvalue weighted by Crippen LogP contribution is -2.43. The van der Waals surface area contributed by atoms with Crippen molar-refractivity contribution in [3.8, 4) is 0 Å². The second-order valence-electron chi connectivity index (χ2n) is 5.02. The van der Waals surface area contributed by atoms with E-state index < -0.39 is 12.0 Å². The maximum Gasteiger partial charge on any atom is 0.328 e. The predicted molar refractivity (Wildman–Crippen MR) is 80.5 cm³/mol. The molecule has 21 heavy (non-hydrogen) atoms. The van der Waals surface area contributed by atoms with Gasteiger partial charge in [-0.1, -0.05) is 13.8 Å². The summed E-state index contributed by atoms with van der Waals surface area (Å²) >= 11 is 1.29. The molecule has 1 amide bonds. The van der Waals surface area contributed by atoms with Crippen LogP contribution >= 0.6 is 11.8 Å². The highest BCUT2D eigenvalue weighted by Crippen LogP contribution is 2.18. The molecule has 0 aromatic heterocycles. The van der Waals surface area contributed by atoms with Crippen molar-refractivity contribution in [1.29, 1.82) is 0 Å². The fourth-order valence-electron chi connectivity index (χ4n) is 1.74. The molecular weight excluding hydrogens is 293 g/mol. The number of carbonyl (C=O) groups is 2. The van der Waals surface area contributed by atoms with E-state index in [0.29, 0.717) is 6.42 Å². The molecule has 116 valence electrons. The van der Waals surface area contributed by atoms with Gasteiger partial charge in [-0.15, -0.1) is 11.8 Å². The first-order chi connectivity index (χ1) is 9.92. The van der Waals surface area contributed by atoms with Crippen LogP contribution in [0.2, 0.25) is 0 Å². The van der Waals surface area contributed by atoms with Gasteiger partial charge in [-0.05, 0) is 36.6 Å². The molecule has 0 saturated heterocycles. The van der Waals surface area contributed by atoms with Crippen LogP contribution in [0, 0.1) is 11.7 Å². The van der Waals surface area contributed by atoms with Crippen LogP contribution in [0.15, 0.2) is 29.2 Å². The Labute approximate surface area is 128 Å². The number of amides is 1. The highest BCUT2D eigenvalue weighted by molar-refractivity contribution is 8.00. The highest BCUT2D eigenvalue weighted by Gasteiger charge is 2.22. The molecular formula is C15H20FNO3S. The molecule has 0 heterocycles. The number of carbonyl (C=O) groups excluding carboxylic acids is 2. The maximum atomic E-state index is 12.8. The number of hydrogen-bond acceptors (Lipinski definition) is 4. The van der Waals surface area contributed by atoms with Gasteiger partial charge in [-0.3, -0.25) is 4.79 Å². The molecule has 0 fully saturated rings. The standard InChI is InChI=1S/C15H20FNO3S/c1-10(2)8-13(15(19)20-3)17-14(18)9-21-12-6-4-11(16)5-7-12/h4-7,10,13H,8-9H2,1-3H3,(H,17,18)/t13-/m1/s1. The molecule has 1 atom stereocenters. The zero-order chi connectivity index (χ0) is 15.8. The quantitative estimate of drug-likeness (QED) is 0.621. The summed E-state index contributed by atoms with van der Waals surface area (Å²) in [6, 6.07) is 5.28. The zero-order valence-electron chi connectivity index (χ0n) is 12.4. The SMILES string of the molecule is COC(=O)[C@@H](CC(C)C)NC(=O)CSc1ccc(F)cc1. The normalized spacial score (nSPS) is 12.0. The van der Waals surface area contributed by atoms with E-state index in [1.54, 1.807) is 12.1 Å². The van der Waals surface area contributed by atoms with Crippen LogP contribution in [0.3, 0.4) is 0 Å². The molecule has 0 aliphatic carbocycles. The average Bonchev–Trinajstić information content (AvgIpc) is 2.44. The fraction of sp³-hybridized carbons (Fsp3) is 0.467. The summed E-state index contributed by atoms with van der Waals surface area (Å²) in [5.41, 5.74) is 0. The molecule has 0 bridgehead atoms. The highest BCUT2D eigenvalue weighted by atomic mass is 32.2. The van der Waals surface area contributed by atoms with Gasteiger partial charge in [0.2, 0.25) is 5.91 Å². The van der Waals surface area contributed by atoms with Gasteiger partial charge in [0.05, 0.1) is 12.9 Å².